The van der Waals surface area contributed by atoms with Gasteiger partial charge in [-0.25, -0.2) is 9.18 Å². The monoisotopic (exact) mass is 438 g/mol. The zero-order valence-corrected chi connectivity index (χ0v) is 16.1. The summed E-state index contributed by atoms with van der Waals surface area (Å²) < 4.78 is 44.7. The van der Waals surface area contributed by atoms with Crippen LogP contribution in [0.5, 0.6) is 0 Å². The summed E-state index contributed by atoms with van der Waals surface area (Å²) in [5.74, 6) is -3.26. The number of halogens is 4. The molecule has 31 heavy (non-hydrogen) atoms. The van der Waals surface area contributed by atoms with Crippen LogP contribution >= 0.6 is 0 Å². The number of piperidine rings is 1. The highest BCUT2D eigenvalue weighted by Crippen LogP contribution is 2.18. The minimum Gasteiger partial charge on any atom is -0.475 e. The summed E-state index contributed by atoms with van der Waals surface area (Å²) in [6.45, 7) is 0.289. The normalized spacial score (nSPS) is 14.4. The third-order valence-electron chi connectivity index (χ3n) is 4.15. The number of hydrogen-bond acceptors (Lipinski definition) is 4. The van der Waals surface area contributed by atoms with E-state index in [2.05, 4.69) is 4.98 Å². The third-order valence-corrected chi connectivity index (χ3v) is 4.15. The molecule has 3 rings (SSSR count). The Balaban J connectivity index is 0.000000423. The minimum atomic E-state index is -5.08. The van der Waals surface area contributed by atoms with Crippen LogP contribution in [0.4, 0.5) is 17.6 Å². The minimum absolute atomic E-state index is 0.110. The zero-order chi connectivity index (χ0) is 23.0. The predicted octanol–water partition coefficient (Wildman–Crippen LogP) is 4.07. The van der Waals surface area contributed by atoms with Crippen LogP contribution in [-0.4, -0.2) is 45.5 Å². The molecule has 1 aliphatic rings. The van der Waals surface area contributed by atoms with Gasteiger partial charge in [0, 0.05) is 31.1 Å². The number of carbonyl (C=O) groups excluding carboxylic acids is 2. The first kappa shape index (κ1) is 23.7. The fraction of sp³-hybridized carbons (Fsp3) is 0.238. The van der Waals surface area contributed by atoms with Crippen molar-refractivity contribution in [2.45, 2.75) is 25.4 Å². The van der Waals surface area contributed by atoms with Crippen LogP contribution in [0.15, 0.2) is 48.7 Å². The van der Waals surface area contributed by atoms with Crippen molar-refractivity contribution in [2.75, 3.05) is 6.54 Å². The highest BCUT2D eigenvalue weighted by Gasteiger charge is 2.38. The zero-order valence-electron chi connectivity index (χ0n) is 16.1. The maximum Gasteiger partial charge on any atom is 0.490 e. The van der Waals surface area contributed by atoms with Crippen molar-refractivity contribution in [2.24, 2.45) is 0 Å². The number of carboxylic acids is 1. The van der Waals surface area contributed by atoms with Gasteiger partial charge in [-0.1, -0.05) is 18.2 Å². The first-order valence-corrected chi connectivity index (χ1v) is 9.10. The van der Waals surface area contributed by atoms with E-state index < -0.39 is 12.1 Å². The van der Waals surface area contributed by atoms with E-state index in [1.165, 1.54) is 17.0 Å². The Labute approximate surface area is 174 Å². The second-order valence-corrected chi connectivity index (χ2v) is 6.44. The van der Waals surface area contributed by atoms with Crippen LogP contribution in [-0.2, 0) is 14.4 Å². The number of imide groups is 1. The van der Waals surface area contributed by atoms with Gasteiger partial charge in [-0.15, -0.1) is 0 Å². The Hall–Kier alpha value is -3.56. The molecule has 0 atom stereocenters. The summed E-state index contributed by atoms with van der Waals surface area (Å²) in [7, 11) is 0. The number of rotatable bonds is 4. The molecular weight excluding hydrogens is 420 g/mol. The number of nitrogens with zero attached hydrogens (tertiary/aromatic N) is 2. The molecular formula is C21H18F4N2O4. The van der Waals surface area contributed by atoms with E-state index in [0.29, 0.717) is 19.3 Å². The van der Waals surface area contributed by atoms with Gasteiger partial charge in [-0.3, -0.25) is 19.5 Å². The Kier molecular flexibility index (Phi) is 8.00. The van der Waals surface area contributed by atoms with Crippen molar-refractivity contribution in [1.82, 2.24) is 9.88 Å². The van der Waals surface area contributed by atoms with E-state index in [0.717, 1.165) is 16.8 Å². The summed E-state index contributed by atoms with van der Waals surface area (Å²) in [5.41, 5.74) is 2.47. The number of aromatic nitrogens is 1. The van der Waals surface area contributed by atoms with Crippen LogP contribution in [0.3, 0.4) is 0 Å². The second-order valence-electron chi connectivity index (χ2n) is 6.44. The molecule has 0 radical (unpaired) electrons. The smallest absolute Gasteiger partial charge is 0.475 e. The summed E-state index contributed by atoms with van der Waals surface area (Å²) in [6, 6.07) is 9.91. The molecule has 6 nitrogen and oxygen atoms in total. The summed E-state index contributed by atoms with van der Waals surface area (Å²) in [6.07, 6.45) is 1.76. The highest BCUT2D eigenvalue weighted by atomic mass is 19.4. The van der Waals surface area contributed by atoms with E-state index in [1.54, 1.807) is 24.4 Å². The number of amides is 2. The van der Waals surface area contributed by atoms with Gasteiger partial charge < -0.3 is 5.11 Å². The summed E-state index contributed by atoms with van der Waals surface area (Å²) in [4.78, 5) is 38.0. The molecule has 10 heteroatoms. The van der Waals surface area contributed by atoms with E-state index in [9.17, 15) is 27.2 Å². The third kappa shape index (κ3) is 7.32. The van der Waals surface area contributed by atoms with Gasteiger partial charge in [0.1, 0.15) is 5.82 Å². The van der Waals surface area contributed by atoms with Crippen molar-refractivity contribution in [3.8, 4) is 11.3 Å². The molecule has 2 heterocycles. The number of hydrogen-bond donors (Lipinski definition) is 1. The van der Waals surface area contributed by atoms with E-state index in [1.807, 2.05) is 18.2 Å². The lowest BCUT2D eigenvalue weighted by atomic mass is 10.1. The molecule has 1 saturated heterocycles. The van der Waals surface area contributed by atoms with Crippen molar-refractivity contribution in [3.05, 3.63) is 60.1 Å². The molecule has 1 aromatic heterocycles. The molecule has 0 spiro atoms. The van der Waals surface area contributed by atoms with Crippen LogP contribution in [0.2, 0.25) is 0 Å². The van der Waals surface area contributed by atoms with Crippen LogP contribution < -0.4 is 0 Å². The molecule has 1 N–H and O–H groups in total. The lowest BCUT2D eigenvalue weighted by Gasteiger charge is -2.23. The topological polar surface area (TPSA) is 87.6 Å². The number of carbonyl (C=O) groups is 3. The molecule has 1 aliphatic heterocycles. The summed E-state index contributed by atoms with van der Waals surface area (Å²) in [5, 5.41) is 7.12. The van der Waals surface area contributed by atoms with Gasteiger partial charge in [-0.2, -0.15) is 13.2 Å². The van der Waals surface area contributed by atoms with E-state index >= 15 is 0 Å². The van der Waals surface area contributed by atoms with Crippen LogP contribution in [0, 0.1) is 5.82 Å². The van der Waals surface area contributed by atoms with Gasteiger partial charge in [0.25, 0.3) is 0 Å². The molecule has 0 aliphatic carbocycles. The first-order valence-electron chi connectivity index (χ1n) is 9.10. The molecule has 0 unspecified atom stereocenters. The quantitative estimate of drug-likeness (QED) is 0.574. The summed E-state index contributed by atoms with van der Waals surface area (Å²) >= 11 is 0. The van der Waals surface area contributed by atoms with Gasteiger partial charge >= 0.3 is 12.1 Å². The Morgan fingerprint density at radius 2 is 1.65 bits per heavy atom. The molecule has 1 fully saturated rings. The number of benzene rings is 1. The van der Waals surface area contributed by atoms with Gasteiger partial charge in [-0.05, 0) is 42.3 Å². The molecule has 0 saturated carbocycles. The maximum atomic E-state index is 12.9. The fourth-order valence-electron chi connectivity index (χ4n) is 2.59. The van der Waals surface area contributed by atoms with Gasteiger partial charge in [0.15, 0.2) is 0 Å². The Bertz CT molecular complexity index is 939. The predicted molar refractivity (Wildman–Crippen MR) is 103 cm³/mol. The highest BCUT2D eigenvalue weighted by molar-refractivity contribution is 5.97. The fourth-order valence-corrected chi connectivity index (χ4v) is 2.59. The van der Waals surface area contributed by atoms with E-state index in [-0.39, 0.29) is 24.2 Å². The molecule has 2 aromatic rings. The first-order chi connectivity index (χ1) is 14.6. The van der Waals surface area contributed by atoms with Crippen LogP contribution in [0.1, 0.15) is 24.8 Å². The number of carboxylic acid groups (broad SMARTS) is 1. The average molecular weight is 438 g/mol. The number of aliphatic carboxylic acids is 1. The van der Waals surface area contributed by atoms with Crippen molar-refractivity contribution in [1.29, 1.82) is 0 Å². The van der Waals surface area contributed by atoms with Gasteiger partial charge in [0.05, 0.1) is 5.69 Å². The van der Waals surface area contributed by atoms with Crippen molar-refractivity contribution in [3.63, 3.8) is 0 Å². The maximum absolute atomic E-state index is 12.9. The molecule has 164 valence electrons. The van der Waals surface area contributed by atoms with Crippen molar-refractivity contribution < 1.29 is 37.1 Å². The molecule has 2 amide bonds. The lowest BCUT2D eigenvalue weighted by molar-refractivity contribution is -0.192. The second kappa shape index (κ2) is 10.5. The number of alkyl halides is 3. The number of pyridine rings is 1. The molecule has 1 aromatic carbocycles. The SMILES string of the molecule is O=C(O)C(F)(F)F.O=C1CCCC(=O)N1CC=Cc1ccc(-c2ccc(F)cc2)nc1. The average Bonchev–Trinajstić information content (AvgIpc) is 2.71. The van der Waals surface area contributed by atoms with Crippen LogP contribution in [0.25, 0.3) is 17.3 Å². The van der Waals surface area contributed by atoms with Crippen molar-refractivity contribution >= 4 is 23.9 Å². The largest absolute Gasteiger partial charge is 0.490 e. The standard InChI is InChI=1S/C19H17FN2O2.C2HF3O2/c20-16-9-7-15(8-10-16)17-11-6-14(13-21-17)3-2-12-22-18(23)4-1-5-19(22)24;3-2(4,5)1(6)7/h2-3,6-11,13H,1,4-5,12H2;(H,6,7). The Morgan fingerprint density at radius 1 is 1.06 bits per heavy atom. The lowest BCUT2D eigenvalue weighted by Crippen LogP contribution is -2.39. The van der Waals surface area contributed by atoms with E-state index in [4.69, 9.17) is 9.90 Å². The molecule has 0 bridgehead atoms. The van der Waals surface area contributed by atoms with Gasteiger partial charge in [0.2, 0.25) is 11.8 Å². The number of likely N-dealkylation sites (tertiary alicyclic amines) is 1. The Morgan fingerprint density at radius 3 is 2.13 bits per heavy atom.